The smallest absolute Gasteiger partial charge is 0.259 e. The van der Waals surface area contributed by atoms with Gasteiger partial charge in [-0.1, -0.05) is 0 Å². The first kappa shape index (κ1) is 12.8. The molecule has 1 amide bonds. The molecule has 2 aromatic heterocycles. The molecular weight excluding hydrogens is 266 g/mol. The minimum atomic E-state index is 0.0231. The summed E-state index contributed by atoms with van der Waals surface area (Å²) < 4.78 is 1.65. The summed E-state index contributed by atoms with van der Waals surface area (Å²) >= 11 is 0. The van der Waals surface area contributed by atoms with Gasteiger partial charge in [0.05, 0.1) is 6.20 Å². The standard InChI is InChI=1S/C15H19N5O/c1-19(12-7-10-3-4-11(8-12)18-10)15(21)13-9-17-20-6-2-5-16-14(13)20/h2,5-6,9-12,18H,3-4,7-8H2,1H3. The molecular formula is C15H19N5O. The van der Waals surface area contributed by atoms with Crippen LogP contribution in [0, 0.1) is 0 Å². The van der Waals surface area contributed by atoms with Crippen LogP contribution in [-0.4, -0.2) is 50.6 Å². The van der Waals surface area contributed by atoms with E-state index in [4.69, 9.17) is 0 Å². The second-order valence-electron chi connectivity index (χ2n) is 6.13. The van der Waals surface area contributed by atoms with E-state index >= 15 is 0 Å². The van der Waals surface area contributed by atoms with Crippen LogP contribution < -0.4 is 5.32 Å². The minimum Gasteiger partial charge on any atom is -0.338 e. The van der Waals surface area contributed by atoms with Gasteiger partial charge in [0.2, 0.25) is 0 Å². The lowest BCUT2D eigenvalue weighted by Crippen LogP contribution is -2.48. The van der Waals surface area contributed by atoms with Gasteiger partial charge in [0.25, 0.3) is 5.91 Å². The van der Waals surface area contributed by atoms with Gasteiger partial charge in [0.15, 0.2) is 5.65 Å². The Morgan fingerprint density at radius 2 is 2.14 bits per heavy atom. The Morgan fingerprint density at radius 1 is 1.38 bits per heavy atom. The van der Waals surface area contributed by atoms with Crippen LogP contribution >= 0.6 is 0 Å². The molecule has 0 spiro atoms. The van der Waals surface area contributed by atoms with E-state index in [1.54, 1.807) is 16.9 Å². The third-order valence-electron chi connectivity index (χ3n) is 4.83. The van der Waals surface area contributed by atoms with Crippen molar-refractivity contribution in [1.29, 1.82) is 0 Å². The molecule has 2 saturated heterocycles. The zero-order chi connectivity index (χ0) is 14.4. The van der Waals surface area contributed by atoms with Crippen molar-refractivity contribution in [1.82, 2.24) is 24.8 Å². The third kappa shape index (κ3) is 2.10. The van der Waals surface area contributed by atoms with Crippen LogP contribution in [0.25, 0.3) is 5.65 Å². The fraction of sp³-hybridized carbons (Fsp3) is 0.533. The maximum atomic E-state index is 12.8. The summed E-state index contributed by atoms with van der Waals surface area (Å²) in [7, 11) is 1.91. The number of fused-ring (bicyclic) bond motifs is 3. The summed E-state index contributed by atoms with van der Waals surface area (Å²) in [5, 5.41) is 7.82. The number of hydrogen-bond donors (Lipinski definition) is 1. The molecule has 0 radical (unpaired) electrons. The highest BCUT2D eigenvalue weighted by Gasteiger charge is 2.37. The third-order valence-corrected chi connectivity index (χ3v) is 4.83. The van der Waals surface area contributed by atoms with Crippen molar-refractivity contribution in [3.8, 4) is 0 Å². The summed E-state index contributed by atoms with van der Waals surface area (Å²) in [6.07, 6.45) is 9.69. The van der Waals surface area contributed by atoms with Crippen LogP contribution in [0.4, 0.5) is 0 Å². The molecule has 6 heteroatoms. The number of amides is 1. The molecule has 2 unspecified atom stereocenters. The van der Waals surface area contributed by atoms with Crippen molar-refractivity contribution in [3.05, 3.63) is 30.2 Å². The molecule has 2 fully saturated rings. The lowest BCUT2D eigenvalue weighted by atomic mass is 9.98. The van der Waals surface area contributed by atoms with Gasteiger partial charge in [-0.05, 0) is 31.7 Å². The van der Waals surface area contributed by atoms with Crippen LogP contribution in [0.2, 0.25) is 0 Å². The summed E-state index contributed by atoms with van der Waals surface area (Å²) in [5.74, 6) is 0.0231. The highest BCUT2D eigenvalue weighted by Crippen LogP contribution is 2.30. The number of nitrogens with one attached hydrogen (secondary N) is 1. The predicted octanol–water partition coefficient (Wildman–Crippen LogP) is 1.08. The second kappa shape index (κ2) is 4.80. The molecule has 0 saturated carbocycles. The first-order chi connectivity index (χ1) is 10.2. The van der Waals surface area contributed by atoms with E-state index < -0.39 is 0 Å². The van der Waals surface area contributed by atoms with Gasteiger partial charge in [-0.15, -0.1) is 0 Å². The zero-order valence-electron chi connectivity index (χ0n) is 12.1. The molecule has 0 aromatic carbocycles. The molecule has 2 aliphatic heterocycles. The summed E-state index contributed by atoms with van der Waals surface area (Å²) in [6, 6.07) is 3.27. The highest BCUT2D eigenvalue weighted by atomic mass is 16.2. The Morgan fingerprint density at radius 3 is 2.90 bits per heavy atom. The van der Waals surface area contributed by atoms with Gasteiger partial charge in [0.1, 0.15) is 5.56 Å². The Balaban J connectivity index is 1.59. The largest absolute Gasteiger partial charge is 0.338 e. The lowest BCUT2D eigenvalue weighted by Gasteiger charge is -2.35. The number of piperidine rings is 1. The molecule has 0 aliphatic carbocycles. The maximum absolute atomic E-state index is 12.8. The molecule has 2 aliphatic rings. The summed E-state index contributed by atoms with van der Waals surface area (Å²) in [4.78, 5) is 18.9. The Hall–Kier alpha value is -1.95. The molecule has 4 heterocycles. The van der Waals surface area contributed by atoms with E-state index in [-0.39, 0.29) is 5.91 Å². The zero-order valence-corrected chi connectivity index (χ0v) is 12.1. The summed E-state index contributed by atoms with van der Waals surface area (Å²) in [5.41, 5.74) is 1.22. The molecule has 4 rings (SSSR count). The maximum Gasteiger partial charge on any atom is 0.259 e. The highest BCUT2D eigenvalue weighted by molar-refractivity contribution is 5.99. The first-order valence-electron chi connectivity index (χ1n) is 7.54. The van der Waals surface area contributed by atoms with Crippen LogP contribution in [0.15, 0.2) is 24.7 Å². The quantitative estimate of drug-likeness (QED) is 0.897. The van der Waals surface area contributed by atoms with Gasteiger partial charge in [-0.2, -0.15) is 5.10 Å². The monoisotopic (exact) mass is 285 g/mol. The van der Waals surface area contributed by atoms with Crippen LogP contribution in [0.5, 0.6) is 0 Å². The van der Waals surface area contributed by atoms with E-state index in [0.717, 1.165) is 12.8 Å². The van der Waals surface area contributed by atoms with Gasteiger partial charge in [-0.25, -0.2) is 9.50 Å². The van der Waals surface area contributed by atoms with E-state index in [0.29, 0.717) is 29.3 Å². The predicted molar refractivity (Wildman–Crippen MR) is 78.0 cm³/mol. The van der Waals surface area contributed by atoms with Crippen LogP contribution in [-0.2, 0) is 0 Å². The number of hydrogen-bond acceptors (Lipinski definition) is 4. The minimum absolute atomic E-state index is 0.0231. The fourth-order valence-corrected chi connectivity index (χ4v) is 3.68. The van der Waals surface area contributed by atoms with Gasteiger partial charge in [0, 0.05) is 37.6 Å². The van der Waals surface area contributed by atoms with E-state index in [2.05, 4.69) is 15.4 Å². The Bertz CT molecular complexity index is 670. The molecule has 2 atom stereocenters. The molecule has 2 aromatic rings. The van der Waals surface area contributed by atoms with Crippen molar-refractivity contribution in [2.75, 3.05) is 7.05 Å². The fourth-order valence-electron chi connectivity index (χ4n) is 3.68. The van der Waals surface area contributed by atoms with Gasteiger partial charge < -0.3 is 10.2 Å². The van der Waals surface area contributed by atoms with Crippen molar-refractivity contribution < 1.29 is 4.79 Å². The SMILES string of the molecule is CN(C(=O)c1cnn2cccnc12)C1CC2CCC(C1)N2. The van der Waals surface area contributed by atoms with E-state index in [1.807, 2.05) is 24.2 Å². The number of nitrogens with zero attached hydrogens (tertiary/aromatic N) is 4. The van der Waals surface area contributed by atoms with Gasteiger partial charge in [-0.3, -0.25) is 4.79 Å². The van der Waals surface area contributed by atoms with Crippen molar-refractivity contribution in [2.45, 2.75) is 43.8 Å². The molecule has 6 nitrogen and oxygen atoms in total. The Kier molecular flexibility index (Phi) is 2.92. The second-order valence-corrected chi connectivity index (χ2v) is 6.13. The van der Waals surface area contributed by atoms with Crippen LogP contribution in [0.1, 0.15) is 36.0 Å². The van der Waals surface area contributed by atoms with E-state index in [9.17, 15) is 4.79 Å². The van der Waals surface area contributed by atoms with Crippen molar-refractivity contribution in [3.63, 3.8) is 0 Å². The number of carbonyl (C=O) groups excluding carboxylic acids is 1. The number of carbonyl (C=O) groups is 1. The van der Waals surface area contributed by atoms with Crippen molar-refractivity contribution in [2.24, 2.45) is 0 Å². The number of rotatable bonds is 2. The topological polar surface area (TPSA) is 62.5 Å². The lowest BCUT2D eigenvalue weighted by molar-refractivity contribution is 0.0683. The van der Waals surface area contributed by atoms with Gasteiger partial charge >= 0.3 is 0 Å². The summed E-state index contributed by atoms with van der Waals surface area (Å²) in [6.45, 7) is 0. The average molecular weight is 285 g/mol. The number of aromatic nitrogens is 3. The molecule has 2 bridgehead atoms. The van der Waals surface area contributed by atoms with Crippen molar-refractivity contribution >= 4 is 11.6 Å². The van der Waals surface area contributed by atoms with Crippen LogP contribution in [0.3, 0.4) is 0 Å². The normalized spacial score (nSPS) is 28.0. The van der Waals surface area contributed by atoms with E-state index in [1.165, 1.54) is 12.8 Å². The Labute approximate surface area is 123 Å². The molecule has 21 heavy (non-hydrogen) atoms. The average Bonchev–Trinajstić information content (AvgIpc) is 3.09. The molecule has 1 N–H and O–H groups in total. The first-order valence-corrected chi connectivity index (χ1v) is 7.54. The molecule has 110 valence electrons.